The number of nitrogens with one attached hydrogen (secondary N) is 1. The normalized spacial score (nSPS) is 14.4. The van der Waals surface area contributed by atoms with Crippen LogP contribution in [0.15, 0.2) is 54.7 Å². The summed E-state index contributed by atoms with van der Waals surface area (Å²) >= 11 is 0. The largest absolute Gasteiger partial charge is 0.480 e. The fraction of sp³-hybridized carbons (Fsp3) is 0.385. The number of ether oxygens (including phenoxy) is 1. The van der Waals surface area contributed by atoms with Crippen molar-refractivity contribution in [2.75, 3.05) is 19.8 Å². The van der Waals surface area contributed by atoms with E-state index in [4.69, 9.17) is 13.8 Å². The van der Waals surface area contributed by atoms with Crippen LogP contribution >= 0.6 is 7.60 Å². The van der Waals surface area contributed by atoms with Crippen molar-refractivity contribution in [1.29, 1.82) is 0 Å². The van der Waals surface area contributed by atoms with Gasteiger partial charge in [-0.3, -0.25) is 4.57 Å². The minimum Gasteiger partial charge on any atom is -0.480 e. The van der Waals surface area contributed by atoms with E-state index < -0.39 is 31.5 Å². The highest BCUT2D eigenvalue weighted by Crippen LogP contribution is 2.58. The van der Waals surface area contributed by atoms with Crippen molar-refractivity contribution in [2.45, 2.75) is 44.9 Å². The molecule has 0 radical (unpaired) electrons. The summed E-state index contributed by atoms with van der Waals surface area (Å²) < 4.78 is 30.5. The lowest BCUT2D eigenvalue weighted by Crippen LogP contribution is -2.43. The maximum absolute atomic E-state index is 13.0. The first-order valence-corrected chi connectivity index (χ1v) is 14.0. The van der Waals surface area contributed by atoms with Crippen LogP contribution in [-0.2, 0) is 29.6 Å². The zero-order valence-electron chi connectivity index (χ0n) is 21.4. The Kier molecular flexibility index (Phi) is 8.61. The van der Waals surface area contributed by atoms with Crippen LogP contribution in [0.5, 0.6) is 0 Å². The van der Waals surface area contributed by atoms with Crippen LogP contribution in [-0.4, -0.2) is 58.0 Å². The smallest absolute Gasteiger partial charge is 0.407 e. The third-order valence-corrected chi connectivity index (χ3v) is 8.75. The van der Waals surface area contributed by atoms with Crippen molar-refractivity contribution in [3.8, 4) is 11.1 Å². The molecular weight excluding hydrogens is 511 g/mol. The molecule has 0 fully saturated rings. The second-order valence-electron chi connectivity index (χ2n) is 8.76. The number of aromatic nitrogens is 3. The monoisotopic (exact) mass is 542 g/mol. The standard InChI is InChI=1S/C26H31N4O7P/c1-4-36-38(34,37-5-2)17(3)30-15-18(28-29-30)14-24(25(31)32)27-26(33)35-16-23-21-12-8-6-10-19(21)20-11-7-9-13-22(20)23/h6-13,15,17,23-24H,4-5,14,16H2,1-3H3,(H,27,33)(H,31,32)/t17?,24-/m0/s1. The average Bonchev–Trinajstić information content (AvgIpc) is 3.49. The number of carbonyl (C=O) groups excluding carboxylic acids is 1. The van der Waals surface area contributed by atoms with E-state index in [1.54, 1.807) is 20.8 Å². The highest BCUT2D eigenvalue weighted by atomic mass is 31.2. The van der Waals surface area contributed by atoms with E-state index in [2.05, 4.69) is 15.6 Å². The highest BCUT2D eigenvalue weighted by Gasteiger charge is 2.35. The second-order valence-corrected chi connectivity index (χ2v) is 11.1. The maximum atomic E-state index is 13.0. The Morgan fingerprint density at radius 2 is 1.63 bits per heavy atom. The predicted octanol–water partition coefficient (Wildman–Crippen LogP) is 4.60. The molecular formula is C26H31N4O7P. The molecule has 0 saturated heterocycles. The molecule has 0 aliphatic heterocycles. The molecule has 4 rings (SSSR count). The van der Waals surface area contributed by atoms with E-state index >= 15 is 0 Å². The number of carboxylic acid groups (broad SMARTS) is 1. The van der Waals surface area contributed by atoms with Crippen molar-refractivity contribution in [2.24, 2.45) is 0 Å². The highest BCUT2D eigenvalue weighted by molar-refractivity contribution is 7.53. The number of alkyl carbamates (subject to hydrolysis) is 1. The fourth-order valence-corrected chi connectivity index (χ4v) is 6.17. The first-order valence-electron chi connectivity index (χ1n) is 12.4. The van der Waals surface area contributed by atoms with Gasteiger partial charge in [0.25, 0.3) is 0 Å². The van der Waals surface area contributed by atoms with E-state index in [-0.39, 0.29) is 37.9 Å². The number of hydrogen-bond acceptors (Lipinski definition) is 8. The molecule has 1 amide bonds. The average molecular weight is 543 g/mol. The summed E-state index contributed by atoms with van der Waals surface area (Å²) in [6.45, 7) is 5.47. The van der Waals surface area contributed by atoms with Gasteiger partial charge >= 0.3 is 19.7 Å². The second kappa shape index (κ2) is 11.9. The summed E-state index contributed by atoms with van der Waals surface area (Å²) in [7, 11) is -3.51. The molecule has 38 heavy (non-hydrogen) atoms. The van der Waals surface area contributed by atoms with E-state index in [0.717, 1.165) is 22.3 Å². The summed E-state index contributed by atoms with van der Waals surface area (Å²) in [5, 5.41) is 20.1. The van der Waals surface area contributed by atoms with Crippen LogP contribution in [0.2, 0.25) is 0 Å². The fourth-order valence-electron chi connectivity index (χ4n) is 4.54. The van der Waals surface area contributed by atoms with Crippen LogP contribution in [0.1, 0.15) is 49.3 Å². The van der Waals surface area contributed by atoms with Gasteiger partial charge in [-0.05, 0) is 43.0 Å². The SMILES string of the molecule is CCOP(=O)(OCC)C(C)n1cc(C[C@H](NC(=O)OCC2c3ccccc3-c3ccccc32)C(=O)O)nn1. The van der Waals surface area contributed by atoms with Gasteiger partial charge < -0.3 is 24.2 Å². The Morgan fingerprint density at radius 3 is 2.18 bits per heavy atom. The number of amides is 1. The van der Waals surface area contributed by atoms with Crippen molar-refractivity contribution < 1.29 is 33.0 Å². The topological polar surface area (TPSA) is 142 Å². The minimum absolute atomic E-state index is 0.0596. The van der Waals surface area contributed by atoms with E-state index in [0.29, 0.717) is 0 Å². The molecule has 1 unspecified atom stereocenters. The number of nitrogens with zero attached hydrogens (tertiary/aromatic N) is 3. The molecule has 0 bridgehead atoms. The summed E-state index contributed by atoms with van der Waals surface area (Å²) in [6.07, 6.45) is 0.460. The zero-order valence-corrected chi connectivity index (χ0v) is 22.3. The Labute approximate surface area is 220 Å². The van der Waals surface area contributed by atoms with Gasteiger partial charge in [0.2, 0.25) is 0 Å². The quantitative estimate of drug-likeness (QED) is 0.314. The summed E-state index contributed by atoms with van der Waals surface area (Å²) in [4.78, 5) is 24.5. The van der Waals surface area contributed by atoms with Crippen LogP contribution in [0, 0.1) is 0 Å². The van der Waals surface area contributed by atoms with Crippen molar-refractivity contribution in [1.82, 2.24) is 20.3 Å². The van der Waals surface area contributed by atoms with Crippen molar-refractivity contribution in [3.05, 3.63) is 71.5 Å². The van der Waals surface area contributed by atoms with Gasteiger partial charge in [0, 0.05) is 18.5 Å². The van der Waals surface area contributed by atoms with Crippen LogP contribution in [0.25, 0.3) is 11.1 Å². The molecule has 202 valence electrons. The van der Waals surface area contributed by atoms with Crippen molar-refractivity contribution >= 4 is 19.7 Å². The van der Waals surface area contributed by atoms with E-state index in [1.165, 1.54) is 10.9 Å². The van der Waals surface area contributed by atoms with Gasteiger partial charge in [-0.2, -0.15) is 0 Å². The summed E-state index contributed by atoms with van der Waals surface area (Å²) in [5.74, 6) is -2.18. The van der Waals surface area contributed by atoms with Gasteiger partial charge in [-0.1, -0.05) is 53.7 Å². The third kappa shape index (κ3) is 5.80. The minimum atomic E-state index is -3.51. The molecule has 0 saturated carbocycles. The Hall–Kier alpha value is -3.53. The van der Waals surface area contributed by atoms with Gasteiger partial charge in [-0.25, -0.2) is 14.3 Å². The first kappa shape index (κ1) is 27.5. The molecule has 2 aromatic carbocycles. The Balaban J connectivity index is 1.40. The lowest BCUT2D eigenvalue weighted by molar-refractivity contribution is -0.139. The molecule has 1 aromatic heterocycles. The van der Waals surface area contributed by atoms with Gasteiger partial charge in [0.05, 0.1) is 18.9 Å². The van der Waals surface area contributed by atoms with Crippen LogP contribution < -0.4 is 5.32 Å². The molecule has 1 heterocycles. The molecule has 11 nitrogen and oxygen atoms in total. The molecule has 1 aliphatic rings. The first-order chi connectivity index (χ1) is 18.3. The Morgan fingerprint density at radius 1 is 1.05 bits per heavy atom. The molecule has 0 spiro atoms. The number of carbonyl (C=O) groups is 2. The van der Waals surface area contributed by atoms with Gasteiger partial charge in [0.1, 0.15) is 12.6 Å². The van der Waals surface area contributed by atoms with Crippen LogP contribution in [0.4, 0.5) is 4.79 Å². The molecule has 2 N–H and O–H groups in total. The Bertz CT molecular complexity index is 1290. The number of benzene rings is 2. The summed E-state index contributed by atoms with van der Waals surface area (Å²) in [5.41, 5.74) is 4.58. The zero-order chi connectivity index (χ0) is 27.3. The molecule has 2 atom stereocenters. The number of aliphatic carboxylic acids is 1. The molecule has 1 aliphatic carbocycles. The van der Waals surface area contributed by atoms with Gasteiger partial charge in [-0.15, -0.1) is 5.10 Å². The lowest BCUT2D eigenvalue weighted by Gasteiger charge is -2.22. The maximum Gasteiger partial charge on any atom is 0.407 e. The third-order valence-electron chi connectivity index (χ3n) is 6.36. The number of fused-ring (bicyclic) bond motifs is 3. The number of hydrogen-bond donors (Lipinski definition) is 2. The van der Waals surface area contributed by atoms with Crippen molar-refractivity contribution in [3.63, 3.8) is 0 Å². The molecule has 12 heteroatoms. The molecule has 3 aromatic rings. The number of carboxylic acids is 1. The lowest BCUT2D eigenvalue weighted by atomic mass is 9.98. The van der Waals surface area contributed by atoms with Crippen LogP contribution in [0.3, 0.4) is 0 Å². The van der Waals surface area contributed by atoms with E-state index in [9.17, 15) is 19.3 Å². The predicted molar refractivity (Wildman–Crippen MR) is 139 cm³/mol. The van der Waals surface area contributed by atoms with E-state index in [1.807, 2.05) is 48.5 Å². The summed E-state index contributed by atoms with van der Waals surface area (Å²) in [6, 6.07) is 14.6. The number of rotatable bonds is 12. The van der Waals surface area contributed by atoms with Gasteiger partial charge in [0.15, 0.2) is 5.78 Å².